The molecule has 0 heterocycles. The van der Waals surface area contributed by atoms with Gasteiger partial charge in [-0.15, -0.1) is 0 Å². The molecule has 6 nitrogen and oxygen atoms in total. The summed E-state index contributed by atoms with van der Waals surface area (Å²) in [6.07, 6.45) is 1.41. The van der Waals surface area contributed by atoms with Crippen LogP contribution in [0.1, 0.15) is 37.0 Å². The molecule has 1 aromatic rings. The summed E-state index contributed by atoms with van der Waals surface area (Å²) < 4.78 is 14.0. The van der Waals surface area contributed by atoms with E-state index in [2.05, 4.69) is 5.32 Å². The zero-order valence-corrected chi connectivity index (χ0v) is 12.3. The van der Waals surface area contributed by atoms with Gasteiger partial charge in [0.05, 0.1) is 5.56 Å². The fraction of sp³-hybridized carbons (Fsp3) is 0.400. The van der Waals surface area contributed by atoms with Gasteiger partial charge in [-0.25, -0.2) is 9.18 Å². The number of hydrogen-bond acceptors (Lipinski definition) is 3. The summed E-state index contributed by atoms with van der Waals surface area (Å²) in [5.74, 6) is -2.91. The SMILES string of the molecule is CC(=O)Nc1ccc(F)c(C(=O)N(C2CC2)C(C)C(=O)O)c1. The van der Waals surface area contributed by atoms with Crippen LogP contribution in [0.4, 0.5) is 10.1 Å². The Morgan fingerprint density at radius 2 is 2.00 bits per heavy atom. The summed E-state index contributed by atoms with van der Waals surface area (Å²) >= 11 is 0. The number of nitrogens with one attached hydrogen (secondary N) is 1. The topological polar surface area (TPSA) is 86.7 Å². The molecular weight excluding hydrogens is 291 g/mol. The number of benzene rings is 1. The molecular formula is C15H17FN2O4. The number of hydrogen-bond donors (Lipinski definition) is 2. The minimum atomic E-state index is -1.14. The standard InChI is InChI=1S/C15H17FN2O4/c1-8(15(21)22)18(11-4-5-11)14(20)12-7-10(17-9(2)19)3-6-13(12)16/h3,6-8,11H,4-5H2,1-2H3,(H,17,19)(H,21,22). The van der Waals surface area contributed by atoms with Gasteiger partial charge in [-0.1, -0.05) is 0 Å². The summed E-state index contributed by atoms with van der Waals surface area (Å²) in [5, 5.41) is 11.6. The van der Waals surface area contributed by atoms with Crippen LogP contribution in [0.3, 0.4) is 0 Å². The van der Waals surface area contributed by atoms with Crippen LogP contribution in [0.5, 0.6) is 0 Å². The first kappa shape index (κ1) is 15.9. The molecule has 0 bridgehead atoms. The van der Waals surface area contributed by atoms with Crippen molar-refractivity contribution < 1.29 is 23.9 Å². The van der Waals surface area contributed by atoms with E-state index in [0.717, 1.165) is 6.07 Å². The average Bonchev–Trinajstić information content (AvgIpc) is 3.24. The molecule has 0 spiro atoms. The van der Waals surface area contributed by atoms with Crippen molar-refractivity contribution in [3.05, 3.63) is 29.6 Å². The minimum absolute atomic E-state index is 0.178. The van der Waals surface area contributed by atoms with E-state index in [-0.39, 0.29) is 23.2 Å². The summed E-state index contributed by atoms with van der Waals surface area (Å²) in [6.45, 7) is 2.70. The molecule has 2 rings (SSSR count). The van der Waals surface area contributed by atoms with Gasteiger partial charge in [0.1, 0.15) is 11.9 Å². The average molecular weight is 308 g/mol. The third-order valence-corrected chi connectivity index (χ3v) is 3.47. The Morgan fingerprint density at radius 1 is 1.36 bits per heavy atom. The summed E-state index contributed by atoms with van der Waals surface area (Å²) in [7, 11) is 0. The van der Waals surface area contributed by atoms with Gasteiger partial charge in [0.2, 0.25) is 5.91 Å². The van der Waals surface area contributed by atoms with Crippen molar-refractivity contribution >= 4 is 23.5 Å². The highest BCUT2D eigenvalue weighted by molar-refractivity contribution is 5.99. The number of aliphatic carboxylic acids is 1. The van der Waals surface area contributed by atoms with E-state index in [1.165, 1.54) is 30.9 Å². The normalized spacial score (nSPS) is 15.0. The van der Waals surface area contributed by atoms with Crippen molar-refractivity contribution in [3.8, 4) is 0 Å². The van der Waals surface area contributed by atoms with Crippen LogP contribution in [0, 0.1) is 5.82 Å². The molecule has 1 fully saturated rings. The molecule has 1 aliphatic carbocycles. The lowest BCUT2D eigenvalue weighted by Gasteiger charge is -2.26. The number of carboxylic acid groups (broad SMARTS) is 1. The van der Waals surface area contributed by atoms with Gasteiger partial charge in [0.15, 0.2) is 0 Å². The highest BCUT2D eigenvalue weighted by Gasteiger charge is 2.39. The van der Waals surface area contributed by atoms with Crippen LogP contribution in [0.15, 0.2) is 18.2 Å². The largest absolute Gasteiger partial charge is 0.480 e. The van der Waals surface area contributed by atoms with Gasteiger partial charge in [0.25, 0.3) is 5.91 Å². The zero-order valence-electron chi connectivity index (χ0n) is 12.3. The number of anilines is 1. The number of carbonyl (C=O) groups is 3. The minimum Gasteiger partial charge on any atom is -0.480 e. The van der Waals surface area contributed by atoms with Crippen LogP contribution in [0.25, 0.3) is 0 Å². The lowest BCUT2D eigenvalue weighted by Crippen LogP contribution is -2.45. The highest BCUT2D eigenvalue weighted by atomic mass is 19.1. The van der Waals surface area contributed by atoms with E-state index < -0.39 is 23.7 Å². The summed E-state index contributed by atoms with van der Waals surface area (Å²) in [5.41, 5.74) is 0.0437. The maximum absolute atomic E-state index is 14.0. The third-order valence-electron chi connectivity index (χ3n) is 3.47. The van der Waals surface area contributed by atoms with Crippen molar-refractivity contribution in [2.45, 2.75) is 38.8 Å². The Hall–Kier alpha value is -2.44. The second-order valence-corrected chi connectivity index (χ2v) is 5.33. The molecule has 0 aromatic heterocycles. The number of carbonyl (C=O) groups excluding carboxylic acids is 2. The van der Waals surface area contributed by atoms with Crippen molar-refractivity contribution in [1.29, 1.82) is 0 Å². The molecule has 1 unspecified atom stereocenters. The highest BCUT2D eigenvalue weighted by Crippen LogP contribution is 2.31. The van der Waals surface area contributed by atoms with Crippen LogP contribution < -0.4 is 5.32 Å². The number of rotatable bonds is 5. The molecule has 0 saturated heterocycles. The smallest absolute Gasteiger partial charge is 0.326 e. The zero-order chi connectivity index (χ0) is 16.4. The third kappa shape index (κ3) is 3.41. The van der Waals surface area contributed by atoms with E-state index in [0.29, 0.717) is 12.8 Å². The summed E-state index contributed by atoms with van der Waals surface area (Å²) in [4.78, 5) is 35.9. The molecule has 1 aromatic carbocycles. The molecule has 7 heteroatoms. The molecule has 2 amide bonds. The molecule has 118 valence electrons. The fourth-order valence-corrected chi connectivity index (χ4v) is 2.24. The molecule has 0 aliphatic heterocycles. The van der Waals surface area contributed by atoms with E-state index in [1.54, 1.807) is 0 Å². The van der Waals surface area contributed by atoms with Crippen LogP contribution in [-0.2, 0) is 9.59 Å². The second-order valence-electron chi connectivity index (χ2n) is 5.33. The number of amides is 2. The number of halogens is 1. The number of nitrogens with zero attached hydrogens (tertiary/aromatic N) is 1. The molecule has 2 N–H and O–H groups in total. The predicted octanol–water partition coefficient (Wildman–Crippen LogP) is 1.86. The van der Waals surface area contributed by atoms with E-state index >= 15 is 0 Å². The Morgan fingerprint density at radius 3 is 2.50 bits per heavy atom. The Bertz CT molecular complexity index is 628. The van der Waals surface area contributed by atoms with Gasteiger partial charge in [-0.2, -0.15) is 0 Å². The molecule has 22 heavy (non-hydrogen) atoms. The van der Waals surface area contributed by atoms with Crippen molar-refractivity contribution in [3.63, 3.8) is 0 Å². The first-order valence-electron chi connectivity index (χ1n) is 6.94. The van der Waals surface area contributed by atoms with Gasteiger partial charge in [-0.05, 0) is 38.0 Å². The first-order valence-corrected chi connectivity index (χ1v) is 6.94. The van der Waals surface area contributed by atoms with Crippen molar-refractivity contribution in [2.75, 3.05) is 5.32 Å². The van der Waals surface area contributed by atoms with Crippen molar-refractivity contribution in [1.82, 2.24) is 4.90 Å². The van der Waals surface area contributed by atoms with Gasteiger partial charge in [-0.3, -0.25) is 9.59 Å². The number of carboxylic acids is 1. The fourth-order valence-electron chi connectivity index (χ4n) is 2.24. The van der Waals surface area contributed by atoms with Gasteiger partial charge in [0, 0.05) is 18.7 Å². The monoisotopic (exact) mass is 308 g/mol. The van der Waals surface area contributed by atoms with Crippen LogP contribution >= 0.6 is 0 Å². The van der Waals surface area contributed by atoms with E-state index in [4.69, 9.17) is 5.11 Å². The first-order chi connectivity index (χ1) is 10.3. The maximum Gasteiger partial charge on any atom is 0.326 e. The van der Waals surface area contributed by atoms with E-state index in [9.17, 15) is 18.8 Å². The molecule has 1 aliphatic rings. The lowest BCUT2D eigenvalue weighted by atomic mass is 10.1. The van der Waals surface area contributed by atoms with Gasteiger partial charge >= 0.3 is 5.97 Å². The van der Waals surface area contributed by atoms with Crippen LogP contribution in [-0.4, -0.2) is 39.9 Å². The Balaban J connectivity index is 2.33. The molecule has 1 atom stereocenters. The van der Waals surface area contributed by atoms with Crippen molar-refractivity contribution in [2.24, 2.45) is 0 Å². The molecule has 1 saturated carbocycles. The quantitative estimate of drug-likeness (QED) is 0.869. The van der Waals surface area contributed by atoms with E-state index in [1.807, 2.05) is 0 Å². The van der Waals surface area contributed by atoms with Gasteiger partial charge < -0.3 is 15.3 Å². The lowest BCUT2D eigenvalue weighted by molar-refractivity contribution is -0.141. The Labute approximate surface area is 126 Å². The second kappa shape index (κ2) is 6.13. The summed E-state index contributed by atoms with van der Waals surface area (Å²) in [6, 6.07) is 2.43. The van der Waals surface area contributed by atoms with Crippen LogP contribution in [0.2, 0.25) is 0 Å². The predicted molar refractivity (Wildman–Crippen MR) is 77.0 cm³/mol. The Kier molecular flexibility index (Phi) is 4.44. The maximum atomic E-state index is 14.0. The molecule has 0 radical (unpaired) electrons.